The Morgan fingerprint density at radius 2 is 1.74 bits per heavy atom. The van der Waals surface area contributed by atoms with Crippen LogP contribution in [0, 0.1) is 27.6 Å². The first kappa shape index (κ1) is 13.5. The van der Waals surface area contributed by atoms with Crippen LogP contribution in [0.1, 0.15) is 72.6 Å². The first-order valence-electron chi connectivity index (χ1n) is 7.89. The summed E-state index contributed by atoms with van der Waals surface area (Å²) < 4.78 is 0. The first-order valence-corrected chi connectivity index (χ1v) is 7.89. The van der Waals surface area contributed by atoms with Crippen LogP contribution < -0.4 is 0 Å². The lowest BCUT2D eigenvalue weighted by molar-refractivity contribution is -0.153. The molecule has 0 bridgehead atoms. The highest BCUT2D eigenvalue weighted by atomic mass is 16.4. The molecule has 3 rings (SSSR count). The normalized spacial score (nSPS) is 51.1. The third kappa shape index (κ3) is 1.41. The molecule has 3 aliphatic rings. The van der Waals surface area contributed by atoms with Gasteiger partial charge in [0, 0.05) is 0 Å². The van der Waals surface area contributed by atoms with Gasteiger partial charge < -0.3 is 5.11 Å². The van der Waals surface area contributed by atoms with E-state index in [4.69, 9.17) is 0 Å². The third-order valence-electron chi connectivity index (χ3n) is 7.41. The van der Waals surface area contributed by atoms with E-state index in [0.29, 0.717) is 17.8 Å². The minimum absolute atomic E-state index is 0.0492. The van der Waals surface area contributed by atoms with E-state index >= 15 is 0 Å². The number of hydrogen-bond donors (Lipinski definition) is 1. The maximum Gasteiger partial charge on any atom is 0.303 e. The zero-order valence-electron chi connectivity index (χ0n) is 12.9. The van der Waals surface area contributed by atoms with Gasteiger partial charge in [0.15, 0.2) is 0 Å². The lowest BCUT2D eigenvalue weighted by Gasteiger charge is -2.57. The summed E-state index contributed by atoms with van der Waals surface area (Å²) in [5.74, 6) is 0.0235. The number of carbonyl (C=O) groups is 1. The average molecular weight is 264 g/mol. The molecule has 0 saturated heterocycles. The Balaban J connectivity index is 2.19. The number of rotatable bonds is 2. The summed E-state index contributed by atoms with van der Waals surface area (Å²) in [4.78, 5) is 11.6. The molecule has 1 N–H and O–H groups in total. The minimum Gasteiger partial charge on any atom is -0.481 e. The molecule has 0 aliphatic heterocycles. The van der Waals surface area contributed by atoms with Crippen LogP contribution in [0.5, 0.6) is 0 Å². The number of carboxylic acids is 1. The quantitative estimate of drug-likeness (QED) is 0.798. The van der Waals surface area contributed by atoms with E-state index in [1.54, 1.807) is 0 Å². The van der Waals surface area contributed by atoms with E-state index in [-0.39, 0.29) is 16.2 Å². The minimum atomic E-state index is -0.580. The van der Waals surface area contributed by atoms with Crippen LogP contribution in [0.25, 0.3) is 0 Å². The molecule has 0 heterocycles. The Labute approximate surface area is 117 Å². The molecule has 0 aromatic carbocycles. The Bertz CT molecular complexity index is 427. The second-order valence-corrected chi connectivity index (χ2v) is 8.77. The highest BCUT2D eigenvalue weighted by Gasteiger charge is 2.74. The molecule has 19 heavy (non-hydrogen) atoms. The second-order valence-electron chi connectivity index (χ2n) is 8.77. The van der Waals surface area contributed by atoms with Gasteiger partial charge in [-0.1, -0.05) is 34.1 Å². The van der Waals surface area contributed by atoms with Gasteiger partial charge in [0.1, 0.15) is 0 Å². The molecule has 0 spiro atoms. The molecule has 2 heteroatoms. The molecule has 3 saturated carbocycles. The zero-order valence-corrected chi connectivity index (χ0v) is 12.9. The van der Waals surface area contributed by atoms with Gasteiger partial charge in [-0.05, 0) is 59.7 Å². The van der Waals surface area contributed by atoms with Crippen LogP contribution in [0.4, 0.5) is 0 Å². The van der Waals surface area contributed by atoms with Gasteiger partial charge in [0.25, 0.3) is 0 Å². The van der Waals surface area contributed by atoms with E-state index in [1.807, 2.05) is 0 Å². The van der Waals surface area contributed by atoms with Gasteiger partial charge in [-0.25, -0.2) is 0 Å². The fraction of sp³-hybridized carbons (Fsp3) is 0.941. The van der Waals surface area contributed by atoms with Crippen LogP contribution in [0.2, 0.25) is 0 Å². The highest BCUT2D eigenvalue weighted by molar-refractivity contribution is 5.68. The summed E-state index contributed by atoms with van der Waals surface area (Å²) in [6.07, 6.45) is 7.85. The molecule has 3 fully saturated rings. The molecule has 2 nitrogen and oxygen atoms in total. The number of hydrogen-bond acceptors (Lipinski definition) is 1. The summed E-state index contributed by atoms with van der Waals surface area (Å²) in [6.45, 7) is 9.57. The standard InChI is InChI=1S/C17H28O2/c1-14(2)11-16(4)8-5-7-15(3)9-6-12(14)17(15,16)10-13(18)19/h12H,5-11H2,1-4H3,(H,18,19)/t12-,15+,16+,17+/m0/s1. The van der Waals surface area contributed by atoms with Gasteiger partial charge in [-0.15, -0.1) is 0 Å². The van der Waals surface area contributed by atoms with Crippen molar-refractivity contribution in [2.24, 2.45) is 27.6 Å². The smallest absolute Gasteiger partial charge is 0.303 e. The van der Waals surface area contributed by atoms with Crippen molar-refractivity contribution in [1.82, 2.24) is 0 Å². The summed E-state index contributed by atoms with van der Waals surface area (Å²) in [6, 6.07) is 0. The fourth-order valence-corrected chi connectivity index (χ4v) is 7.16. The van der Waals surface area contributed by atoms with E-state index in [1.165, 1.54) is 38.5 Å². The predicted octanol–water partition coefficient (Wildman–Crippen LogP) is 4.48. The van der Waals surface area contributed by atoms with Crippen molar-refractivity contribution < 1.29 is 9.90 Å². The Morgan fingerprint density at radius 1 is 1.11 bits per heavy atom. The van der Waals surface area contributed by atoms with Crippen LogP contribution >= 0.6 is 0 Å². The van der Waals surface area contributed by atoms with Gasteiger partial charge in [0.05, 0.1) is 6.42 Å². The van der Waals surface area contributed by atoms with Gasteiger partial charge in [-0.2, -0.15) is 0 Å². The van der Waals surface area contributed by atoms with Crippen LogP contribution in [0.3, 0.4) is 0 Å². The largest absolute Gasteiger partial charge is 0.481 e. The molecule has 0 aromatic heterocycles. The van der Waals surface area contributed by atoms with Crippen molar-refractivity contribution in [3.63, 3.8) is 0 Å². The van der Waals surface area contributed by atoms with Crippen molar-refractivity contribution >= 4 is 5.97 Å². The third-order valence-corrected chi connectivity index (χ3v) is 7.41. The average Bonchev–Trinajstić information content (AvgIpc) is 2.61. The highest BCUT2D eigenvalue weighted by Crippen LogP contribution is 2.80. The molecule has 0 unspecified atom stereocenters. The zero-order chi connectivity index (χ0) is 14.1. The summed E-state index contributed by atoms with van der Waals surface area (Å²) in [7, 11) is 0. The van der Waals surface area contributed by atoms with E-state index in [9.17, 15) is 9.90 Å². The molecule has 0 amide bonds. The van der Waals surface area contributed by atoms with Crippen molar-refractivity contribution in [2.75, 3.05) is 0 Å². The SMILES string of the molecule is CC1(C)C[C@@]2(C)CCC[C@]3(C)CC[C@@H]1[C@]32CC(=O)O. The van der Waals surface area contributed by atoms with Crippen LogP contribution in [-0.4, -0.2) is 11.1 Å². The lowest BCUT2D eigenvalue weighted by atomic mass is 9.46. The predicted molar refractivity (Wildman–Crippen MR) is 75.9 cm³/mol. The molecule has 0 radical (unpaired) electrons. The van der Waals surface area contributed by atoms with Crippen molar-refractivity contribution in [1.29, 1.82) is 0 Å². The van der Waals surface area contributed by atoms with Crippen molar-refractivity contribution in [3.8, 4) is 0 Å². The monoisotopic (exact) mass is 264 g/mol. The second kappa shape index (κ2) is 3.56. The molecular weight excluding hydrogens is 236 g/mol. The molecule has 108 valence electrons. The fourth-order valence-electron chi connectivity index (χ4n) is 7.16. The van der Waals surface area contributed by atoms with Crippen molar-refractivity contribution in [3.05, 3.63) is 0 Å². The Morgan fingerprint density at radius 3 is 2.37 bits per heavy atom. The summed E-state index contributed by atoms with van der Waals surface area (Å²) in [5.41, 5.74) is 0.861. The topological polar surface area (TPSA) is 37.3 Å². The van der Waals surface area contributed by atoms with Crippen molar-refractivity contribution in [2.45, 2.75) is 72.6 Å². The van der Waals surface area contributed by atoms with Gasteiger partial charge in [-0.3, -0.25) is 4.79 Å². The molecular formula is C17H28O2. The molecule has 4 atom stereocenters. The lowest BCUT2D eigenvalue weighted by Crippen LogP contribution is -2.52. The van der Waals surface area contributed by atoms with E-state index in [2.05, 4.69) is 27.7 Å². The van der Waals surface area contributed by atoms with E-state index < -0.39 is 5.97 Å². The number of carboxylic acid groups (broad SMARTS) is 1. The number of aliphatic carboxylic acids is 1. The Hall–Kier alpha value is -0.530. The maximum atomic E-state index is 11.6. The Kier molecular flexibility index (Phi) is 2.52. The molecule has 3 aliphatic carbocycles. The van der Waals surface area contributed by atoms with Crippen LogP contribution in [0.15, 0.2) is 0 Å². The maximum absolute atomic E-state index is 11.6. The molecule has 0 aromatic rings. The van der Waals surface area contributed by atoms with Gasteiger partial charge >= 0.3 is 5.97 Å². The van der Waals surface area contributed by atoms with Crippen LogP contribution in [-0.2, 0) is 4.79 Å². The van der Waals surface area contributed by atoms with E-state index in [0.717, 1.165) is 0 Å². The van der Waals surface area contributed by atoms with Gasteiger partial charge in [0.2, 0.25) is 0 Å². The summed E-state index contributed by atoms with van der Waals surface area (Å²) in [5, 5.41) is 9.57. The summed E-state index contributed by atoms with van der Waals surface area (Å²) >= 11 is 0. The first-order chi connectivity index (χ1) is 8.67.